The minimum Gasteiger partial charge on any atom is -0.478 e. The van der Waals surface area contributed by atoms with Gasteiger partial charge in [-0.15, -0.1) is 0 Å². The van der Waals surface area contributed by atoms with Crippen molar-refractivity contribution in [3.63, 3.8) is 0 Å². The van der Waals surface area contributed by atoms with E-state index in [0.29, 0.717) is 32.3 Å². The Kier molecular flexibility index (Phi) is 4.77. The highest BCUT2D eigenvalue weighted by Gasteiger charge is 2.12. The highest BCUT2D eigenvalue weighted by Crippen LogP contribution is 2.30. The van der Waals surface area contributed by atoms with E-state index in [0.717, 1.165) is 0 Å². The fourth-order valence-corrected chi connectivity index (χ4v) is 2.62. The molecule has 2 aromatic carbocycles. The van der Waals surface area contributed by atoms with Crippen molar-refractivity contribution in [3.8, 4) is 11.1 Å². The lowest BCUT2D eigenvalue weighted by Crippen LogP contribution is -1.99. The van der Waals surface area contributed by atoms with Gasteiger partial charge in [0.2, 0.25) is 0 Å². The molecule has 2 nitrogen and oxygen atoms in total. The quantitative estimate of drug-likeness (QED) is 0.769. The molecular formula is C14H9BrF2O2S. The van der Waals surface area contributed by atoms with Crippen LogP contribution in [-0.2, 0) is 0 Å². The van der Waals surface area contributed by atoms with Crippen molar-refractivity contribution < 1.29 is 18.7 Å². The van der Waals surface area contributed by atoms with Crippen molar-refractivity contribution >= 4 is 33.7 Å². The van der Waals surface area contributed by atoms with Crippen LogP contribution in [0.2, 0.25) is 0 Å². The molecule has 0 aromatic heterocycles. The smallest absolute Gasteiger partial charge is 0.336 e. The van der Waals surface area contributed by atoms with Crippen LogP contribution in [0.5, 0.6) is 0 Å². The van der Waals surface area contributed by atoms with E-state index in [4.69, 9.17) is 0 Å². The Balaban J connectivity index is 2.39. The summed E-state index contributed by atoms with van der Waals surface area (Å²) in [6.45, 7) is 0. The second-order valence-electron chi connectivity index (χ2n) is 3.90. The molecule has 0 spiro atoms. The third-order valence-corrected chi connectivity index (χ3v) is 3.82. The standard InChI is InChI=1S/C14H9BrF2O2S/c15-9-3-6-11(12(7-9)13(18)19)8-1-4-10(5-2-8)20-14(16)17/h1-7,14H,(H,18,19). The molecule has 0 saturated heterocycles. The predicted molar refractivity (Wildman–Crippen MR) is 78.4 cm³/mol. The Labute approximate surface area is 126 Å². The molecular weight excluding hydrogens is 350 g/mol. The lowest BCUT2D eigenvalue weighted by molar-refractivity contribution is 0.0697. The molecule has 0 radical (unpaired) electrons. The topological polar surface area (TPSA) is 37.3 Å². The van der Waals surface area contributed by atoms with Crippen LogP contribution in [0.3, 0.4) is 0 Å². The molecule has 0 atom stereocenters. The number of alkyl halides is 2. The average Bonchev–Trinajstić information content (AvgIpc) is 2.39. The Morgan fingerprint density at radius 3 is 2.35 bits per heavy atom. The second-order valence-corrected chi connectivity index (χ2v) is 5.88. The molecule has 6 heteroatoms. The third kappa shape index (κ3) is 3.58. The largest absolute Gasteiger partial charge is 0.478 e. The molecule has 1 N–H and O–H groups in total. The maximum atomic E-state index is 12.2. The van der Waals surface area contributed by atoms with Gasteiger partial charge in [0, 0.05) is 9.37 Å². The van der Waals surface area contributed by atoms with Gasteiger partial charge in [0.15, 0.2) is 0 Å². The van der Waals surface area contributed by atoms with Crippen LogP contribution in [0.1, 0.15) is 10.4 Å². The number of aromatic carboxylic acids is 1. The van der Waals surface area contributed by atoms with E-state index in [-0.39, 0.29) is 5.56 Å². The van der Waals surface area contributed by atoms with E-state index in [9.17, 15) is 18.7 Å². The average molecular weight is 359 g/mol. The van der Waals surface area contributed by atoms with Crippen molar-refractivity contribution in [1.29, 1.82) is 0 Å². The maximum Gasteiger partial charge on any atom is 0.336 e. The normalized spacial score (nSPS) is 10.8. The molecule has 0 bridgehead atoms. The first kappa shape index (κ1) is 15.0. The number of hydrogen-bond donors (Lipinski definition) is 1. The minimum absolute atomic E-state index is 0.161. The van der Waals surface area contributed by atoms with Crippen LogP contribution in [0.15, 0.2) is 51.8 Å². The van der Waals surface area contributed by atoms with Crippen LogP contribution in [-0.4, -0.2) is 16.8 Å². The summed E-state index contributed by atoms with van der Waals surface area (Å²) in [7, 11) is 0. The molecule has 0 heterocycles. The van der Waals surface area contributed by atoms with Gasteiger partial charge in [-0.05, 0) is 35.4 Å². The number of rotatable bonds is 4. The predicted octanol–water partition coefficient (Wildman–Crippen LogP) is 5.13. The van der Waals surface area contributed by atoms with Crippen LogP contribution in [0, 0.1) is 0 Å². The zero-order valence-electron chi connectivity index (χ0n) is 10.0. The zero-order chi connectivity index (χ0) is 14.7. The van der Waals surface area contributed by atoms with Crippen molar-refractivity contribution in [2.24, 2.45) is 0 Å². The third-order valence-electron chi connectivity index (χ3n) is 2.60. The van der Waals surface area contributed by atoms with E-state index in [1.807, 2.05) is 0 Å². The van der Waals surface area contributed by atoms with Gasteiger partial charge in [0.1, 0.15) is 0 Å². The van der Waals surface area contributed by atoms with E-state index < -0.39 is 11.7 Å². The molecule has 0 unspecified atom stereocenters. The maximum absolute atomic E-state index is 12.2. The second kappa shape index (κ2) is 6.37. The zero-order valence-corrected chi connectivity index (χ0v) is 12.4. The summed E-state index contributed by atoms with van der Waals surface area (Å²) in [5.41, 5.74) is 1.39. The number of carboxylic acid groups (broad SMARTS) is 1. The van der Waals surface area contributed by atoms with Crippen LogP contribution >= 0.6 is 27.7 Å². The highest BCUT2D eigenvalue weighted by atomic mass is 79.9. The van der Waals surface area contributed by atoms with Gasteiger partial charge in [-0.3, -0.25) is 0 Å². The summed E-state index contributed by atoms with van der Waals surface area (Å²) < 4.78 is 25.1. The Morgan fingerprint density at radius 1 is 1.15 bits per heavy atom. The Morgan fingerprint density at radius 2 is 1.80 bits per heavy atom. The molecule has 104 valence electrons. The van der Waals surface area contributed by atoms with Crippen molar-refractivity contribution in [3.05, 3.63) is 52.5 Å². The molecule has 2 aromatic rings. The molecule has 2 rings (SSSR count). The van der Waals surface area contributed by atoms with Crippen LogP contribution < -0.4 is 0 Å². The first-order valence-corrected chi connectivity index (χ1v) is 7.23. The summed E-state index contributed by atoms with van der Waals surface area (Å²) >= 11 is 3.68. The summed E-state index contributed by atoms with van der Waals surface area (Å²) in [5, 5.41) is 9.20. The number of hydrogen-bond acceptors (Lipinski definition) is 2. The number of benzene rings is 2. The lowest BCUT2D eigenvalue weighted by atomic mass is 10.00. The van der Waals surface area contributed by atoms with E-state index >= 15 is 0 Å². The van der Waals surface area contributed by atoms with Crippen LogP contribution in [0.4, 0.5) is 8.78 Å². The van der Waals surface area contributed by atoms with E-state index in [2.05, 4.69) is 15.9 Å². The molecule has 0 amide bonds. The van der Waals surface area contributed by atoms with E-state index in [1.54, 1.807) is 36.4 Å². The van der Waals surface area contributed by atoms with Gasteiger partial charge in [-0.1, -0.05) is 45.9 Å². The fraction of sp³-hybridized carbons (Fsp3) is 0.0714. The van der Waals surface area contributed by atoms with Gasteiger partial charge in [-0.25, -0.2) is 4.79 Å². The van der Waals surface area contributed by atoms with Crippen molar-refractivity contribution in [2.75, 3.05) is 0 Å². The van der Waals surface area contributed by atoms with Crippen molar-refractivity contribution in [2.45, 2.75) is 10.7 Å². The molecule has 0 aliphatic heterocycles. The minimum atomic E-state index is -2.47. The fourth-order valence-electron chi connectivity index (χ4n) is 1.76. The van der Waals surface area contributed by atoms with Gasteiger partial charge in [0.05, 0.1) is 5.56 Å². The summed E-state index contributed by atoms with van der Waals surface area (Å²) in [6, 6.07) is 11.3. The number of halogens is 3. The van der Waals surface area contributed by atoms with Gasteiger partial charge >= 0.3 is 5.97 Å². The summed E-state index contributed by atoms with van der Waals surface area (Å²) in [4.78, 5) is 11.7. The highest BCUT2D eigenvalue weighted by molar-refractivity contribution is 9.10. The van der Waals surface area contributed by atoms with Gasteiger partial charge in [0.25, 0.3) is 5.76 Å². The molecule has 0 aliphatic rings. The van der Waals surface area contributed by atoms with E-state index in [1.165, 1.54) is 6.07 Å². The molecule has 0 saturated carbocycles. The monoisotopic (exact) mass is 358 g/mol. The number of carboxylic acids is 1. The summed E-state index contributed by atoms with van der Waals surface area (Å²) in [6.07, 6.45) is 0. The Bertz CT molecular complexity index is 630. The lowest BCUT2D eigenvalue weighted by Gasteiger charge is -2.08. The molecule has 0 aliphatic carbocycles. The van der Waals surface area contributed by atoms with Gasteiger partial charge < -0.3 is 5.11 Å². The summed E-state index contributed by atoms with van der Waals surface area (Å²) in [5.74, 6) is -3.50. The molecule has 0 fully saturated rings. The van der Waals surface area contributed by atoms with Crippen molar-refractivity contribution in [1.82, 2.24) is 0 Å². The number of thioether (sulfide) groups is 1. The molecule has 20 heavy (non-hydrogen) atoms. The van der Waals surface area contributed by atoms with Gasteiger partial charge in [-0.2, -0.15) is 8.78 Å². The first-order valence-electron chi connectivity index (χ1n) is 5.55. The SMILES string of the molecule is O=C(O)c1cc(Br)ccc1-c1ccc(SC(F)F)cc1. The Hall–Kier alpha value is -1.40. The number of carbonyl (C=O) groups is 1. The first-order chi connectivity index (χ1) is 9.47. The van der Waals surface area contributed by atoms with Crippen LogP contribution in [0.25, 0.3) is 11.1 Å².